The Kier molecular flexibility index (Phi) is 4.50. The molecule has 1 heterocycles. The van der Waals surface area contributed by atoms with Crippen LogP contribution in [0, 0.1) is 19.7 Å². The van der Waals surface area contributed by atoms with Gasteiger partial charge in [0.15, 0.2) is 0 Å². The molecule has 20 heavy (non-hydrogen) atoms. The molecule has 0 atom stereocenters. The molecule has 4 nitrogen and oxygen atoms in total. The zero-order valence-electron chi connectivity index (χ0n) is 11.7. The summed E-state index contributed by atoms with van der Waals surface area (Å²) in [6, 6.07) is 4.83. The van der Waals surface area contributed by atoms with E-state index in [1.165, 1.54) is 6.07 Å². The van der Waals surface area contributed by atoms with Crippen molar-refractivity contribution >= 4 is 5.91 Å². The largest absolute Gasteiger partial charge is 0.352 e. The molecule has 0 saturated carbocycles. The van der Waals surface area contributed by atoms with Crippen LogP contribution in [0.25, 0.3) is 0 Å². The van der Waals surface area contributed by atoms with Crippen LogP contribution in [0.15, 0.2) is 24.4 Å². The maximum atomic E-state index is 13.8. The van der Waals surface area contributed by atoms with Crippen LogP contribution in [0.4, 0.5) is 4.39 Å². The number of hydrogen-bond donors (Lipinski definition) is 2. The van der Waals surface area contributed by atoms with E-state index in [0.717, 1.165) is 24.1 Å². The summed E-state index contributed by atoms with van der Waals surface area (Å²) in [5.74, 6) is -0.814. The fourth-order valence-electron chi connectivity index (χ4n) is 2.03. The molecule has 0 spiro atoms. The van der Waals surface area contributed by atoms with Crippen molar-refractivity contribution in [3.8, 4) is 0 Å². The van der Waals surface area contributed by atoms with Gasteiger partial charge in [0.05, 0.1) is 11.8 Å². The Balaban J connectivity index is 1.84. The average molecular weight is 275 g/mol. The second-order valence-electron chi connectivity index (χ2n) is 4.82. The molecule has 1 aromatic carbocycles. The average Bonchev–Trinajstić information content (AvgIpc) is 2.83. The van der Waals surface area contributed by atoms with Gasteiger partial charge in [-0.2, -0.15) is 5.10 Å². The van der Waals surface area contributed by atoms with Crippen molar-refractivity contribution in [1.29, 1.82) is 0 Å². The lowest BCUT2D eigenvalue weighted by Gasteiger charge is -2.07. The van der Waals surface area contributed by atoms with Gasteiger partial charge in [-0.25, -0.2) is 4.39 Å². The summed E-state index contributed by atoms with van der Waals surface area (Å²) < 4.78 is 13.8. The number of halogens is 1. The van der Waals surface area contributed by atoms with E-state index in [1.807, 2.05) is 6.92 Å². The molecule has 0 aliphatic heterocycles. The summed E-state index contributed by atoms with van der Waals surface area (Å²) >= 11 is 0. The summed E-state index contributed by atoms with van der Waals surface area (Å²) in [4.78, 5) is 11.9. The van der Waals surface area contributed by atoms with Crippen molar-refractivity contribution in [2.45, 2.75) is 26.7 Å². The molecular formula is C15H18FN3O. The number of nitrogens with one attached hydrogen (secondary N) is 2. The number of aromatic nitrogens is 2. The van der Waals surface area contributed by atoms with Gasteiger partial charge in [0, 0.05) is 12.2 Å². The Morgan fingerprint density at radius 3 is 2.90 bits per heavy atom. The highest BCUT2D eigenvalue weighted by Gasteiger charge is 2.12. The van der Waals surface area contributed by atoms with Crippen LogP contribution in [-0.2, 0) is 6.42 Å². The van der Waals surface area contributed by atoms with E-state index < -0.39 is 5.82 Å². The van der Waals surface area contributed by atoms with E-state index in [4.69, 9.17) is 0 Å². The van der Waals surface area contributed by atoms with Gasteiger partial charge < -0.3 is 5.32 Å². The summed E-state index contributed by atoms with van der Waals surface area (Å²) in [6.07, 6.45) is 3.41. The highest BCUT2D eigenvalue weighted by molar-refractivity contribution is 5.94. The third-order valence-corrected chi connectivity index (χ3v) is 3.28. The number of H-pyrrole nitrogens is 1. The van der Waals surface area contributed by atoms with Crippen LogP contribution < -0.4 is 5.32 Å². The van der Waals surface area contributed by atoms with Crippen molar-refractivity contribution in [1.82, 2.24) is 15.5 Å². The molecule has 0 unspecified atom stereocenters. The third-order valence-electron chi connectivity index (χ3n) is 3.28. The van der Waals surface area contributed by atoms with Crippen LogP contribution in [0.3, 0.4) is 0 Å². The Labute approximate surface area is 117 Å². The highest BCUT2D eigenvalue weighted by Crippen LogP contribution is 2.11. The minimum Gasteiger partial charge on any atom is -0.352 e. The number of hydrogen-bond acceptors (Lipinski definition) is 2. The van der Waals surface area contributed by atoms with Gasteiger partial charge in [-0.1, -0.05) is 12.1 Å². The van der Waals surface area contributed by atoms with E-state index in [-0.39, 0.29) is 11.5 Å². The van der Waals surface area contributed by atoms with Crippen LogP contribution in [0.2, 0.25) is 0 Å². The standard InChI is InChI=1S/C15H18FN3O/c1-10-5-3-7-13(14(10)16)15(20)17-8-4-6-12-9-18-19-11(12)2/h3,5,7,9H,4,6,8H2,1-2H3,(H,17,20)(H,18,19). The number of benzene rings is 1. The van der Waals surface area contributed by atoms with Crippen molar-refractivity contribution in [3.05, 3.63) is 52.6 Å². The number of aryl methyl sites for hydroxylation is 3. The maximum Gasteiger partial charge on any atom is 0.254 e. The third kappa shape index (κ3) is 3.23. The first-order valence-electron chi connectivity index (χ1n) is 6.61. The number of rotatable bonds is 5. The molecule has 1 amide bonds. The molecule has 5 heteroatoms. The molecule has 0 fully saturated rings. The van der Waals surface area contributed by atoms with Gasteiger partial charge in [-0.05, 0) is 43.9 Å². The monoisotopic (exact) mass is 275 g/mol. The summed E-state index contributed by atoms with van der Waals surface area (Å²) in [5, 5.41) is 9.55. The zero-order valence-corrected chi connectivity index (χ0v) is 11.7. The molecule has 1 aromatic heterocycles. The Morgan fingerprint density at radius 2 is 2.20 bits per heavy atom. The minimum absolute atomic E-state index is 0.101. The fourth-order valence-corrected chi connectivity index (χ4v) is 2.03. The lowest BCUT2D eigenvalue weighted by molar-refractivity contribution is 0.0949. The first kappa shape index (κ1) is 14.2. The van der Waals surface area contributed by atoms with Crippen LogP contribution in [0.1, 0.15) is 33.6 Å². The second-order valence-corrected chi connectivity index (χ2v) is 4.82. The van der Waals surface area contributed by atoms with Gasteiger partial charge in [-0.3, -0.25) is 9.89 Å². The van der Waals surface area contributed by atoms with E-state index >= 15 is 0 Å². The van der Waals surface area contributed by atoms with Gasteiger partial charge in [0.1, 0.15) is 5.82 Å². The van der Waals surface area contributed by atoms with Crippen molar-refractivity contribution < 1.29 is 9.18 Å². The number of carbonyl (C=O) groups is 1. The first-order chi connectivity index (χ1) is 9.59. The molecule has 2 aromatic rings. The molecule has 0 saturated heterocycles. The van der Waals surface area contributed by atoms with Gasteiger partial charge in [0.2, 0.25) is 0 Å². The first-order valence-corrected chi connectivity index (χ1v) is 6.61. The van der Waals surface area contributed by atoms with Gasteiger partial charge >= 0.3 is 0 Å². The molecule has 2 rings (SSSR count). The maximum absolute atomic E-state index is 13.8. The quantitative estimate of drug-likeness (QED) is 0.824. The predicted molar refractivity (Wildman–Crippen MR) is 75.1 cm³/mol. The molecule has 0 aliphatic carbocycles. The zero-order chi connectivity index (χ0) is 14.5. The molecule has 0 aliphatic rings. The molecule has 0 radical (unpaired) electrons. The smallest absolute Gasteiger partial charge is 0.254 e. The number of aromatic amines is 1. The Bertz CT molecular complexity index is 607. The highest BCUT2D eigenvalue weighted by atomic mass is 19.1. The Morgan fingerprint density at radius 1 is 1.40 bits per heavy atom. The molecule has 0 bridgehead atoms. The summed E-state index contributed by atoms with van der Waals surface area (Å²) in [7, 11) is 0. The van der Waals surface area contributed by atoms with Gasteiger partial charge in [0.25, 0.3) is 5.91 Å². The molecule has 2 N–H and O–H groups in total. The topological polar surface area (TPSA) is 57.8 Å². The number of nitrogens with zero attached hydrogens (tertiary/aromatic N) is 1. The fraction of sp³-hybridized carbons (Fsp3) is 0.333. The van der Waals surface area contributed by atoms with Gasteiger partial charge in [-0.15, -0.1) is 0 Å². The number of amides is 1. The van der Waals surface area contributed by atoms with Crippen molar-refractivity contribution in [2.75, 3.05) is 6.54 Å². The number of carbonyl (C=O) groups excluding carboxylic acids is 1. The second kappa shape index (κ2) is 6.32. The summed E-state index contributed by atoms with van der Waals surface area (Å²) in [5.41, 5.74) is 2.76. The van der Waals surface area contributed by atoms with E-state index in [1.54, 1.807) is 25.3 Å². The minimum atomic E-state index is -0.448. The Hall–Kier alpha value is -2.17. The van der Waals surface area contributed by atoms with Crippen LogP contribution in [-0.4, -0.2) is 22.6 Å². The molecule has 106 valence electrons. The summed E-state index contributed by atoms with van der Waals surface area (Å²) in [6.45, 7) is 4.12. The van der Waals surface area contributed by atoms with Crippen molar-refractivity contribution in [2.24, 2.45) is 0 Å². The van der Waals surface area contributed by atoms with Crippen molar-refractivity contribution in [3.63, 3.8) is 0 Å². The van der Waals surface area contributed by atoms with Crippen LogP contribution in [0.5, 0.6) is 0 Å². The van der Waals surface area contributed by atoms with Crippen LogP contribution >= 0.6 is 0 Å². The SMILES string of the molecule is Cc1cccc(C(=O)NCCCc2cn[nH]c2C)c1F. The van der Waals surface area contributed by atoms with E-state index in [9.17, 15) is 9.18 Å². The van der Waals surface area contributed by atoms with E-state index in [2.05, 4.69) is 15.5 Å². The normalized spacial score (nSPS) is 10.6. The lowest BCUT2D eigenvalue weighted by atomic mass is 10.1. The predicted octanol–water partition coefficient (Wildman–Crippen LogP) is 2.53. The molecular weight excluding hydrogens is 257 g/mol. The lowest BCUT2D eigenvalue weighted by Crippen LogP contribution is -2.26. The van der Waals surface area contributed by atoms with E-state index in [0.29, 0.717) is 12.1 Å².